The largest absolute Gasteiger partial charge is 0.365 e. The Hall–Kier alpha value is -1.36. The van der Waals surface area contributed by atoms with E-state index in [2.05, 4.69) is 10.3 Å². The lowest BCUT2D eigenvalue weighted by Gasteiger charge is -2.26. The number of hydrogen-bond donors (Lipinski definition) is 2. The van der Waals surface area contributed by atoms with Crippen LogP contribution in [0.15, 0.2) is 17.2 Å². The van der Waals surface area contributed by atoms with Crippen LogP contribution in [0.4, 0.5) is 5.82 Å². The summed E-state index contributed by atoms with van der Waals surface area (Å²) in [6, 6.07) is 0.360. The molecule has 1 aromatic rings. The Morgan fingerprint density at radius 1 is 1.35 bits per heavy atom. The van der Waals surface area contributed by atoms with Gasteiger partial charge in [0.2, 0.25) is 0 Å². The topological polar surface area (TPSA) is 72.9 Å². The van der Waals surface area contributed by atoms with Crippen LogP contribution in [0.5, 0.6) is 0 Å². The molecule has 5 heteroatoms. The molecule has 0 aliphatic heterocycles. The van der Waals surface area contributed by atoms with Crippen molar-refractivity contribution in [3.05, 3.63) is 22.7 Å². The highest BCUT2D eigenvalue weighted by Gasteiger charge is 2.20. The van der Waals surface area contributed by atoms with E-state index < -0.39 is 0 Å². The Morgan fingerprint density at radius 3 is 2.60 bits per heavy atom. The van der Waals surface area contributed by atoms with Crippen LogP contribution in [0.25, 0.3) is 0 Å². The second-order valence-corrected chi connectivity index (χ2v) is 6.78. The van der Waals surface area contributed by atoms with Gasteiger partial charge in [-0.25, -0.2) is 4.98 Å². The molecule has 20 heavy (non-hydrogen) atoms. The molecule has 112 valence electrons. The van der Waals surface area contributed by atoms with Crippen molar-refractivity contribution in [3.8, 4) is 0 Å². The van der Waals surface area contributed by atoms with Gasteiger partial charge in [0.05, 0.1) is 0 Å². The normalized spacial score (nSPS) is 23.6. The van der Waals surface area contributed by atoms with Gasteiger partial charge in [-0.2, -0.15) is 0 Å². The summed E-state index contributed by atoms with van der Waals surface area (Å²) in [6.07, 6.45) is 7.86. The second kappa shape index (κ2) is 5.95. The van der Waals surface area contributed by atoms with Crippen molar-refractivity contribution in [1.82, 2.24) is 9.55 Å². The lowest BCUT2D eigenvalue weighted by Crippen LogP contribution is -2.36. The maximum atomic E-state index is 12.4. The first kappa shape index (κ1) is 15.0. The monoisotopic (exact) mass is 278 g/mol. The van der Waals surface area contributed by atoms with Gasteiger partial charge in [0.1, 0.15) is 0 Å². The summed E-state index contributed by atoms with van der Waals surface area (Å²) in [4.78, 5) is 16.5. The Labute approximate surface area is 120 Å². The third-order valence-corrected chi connectivity index (χ3v) is 4.01. The van der Waals surface area contributed by atoms with Crippen molar-refractivity contribution < 1.29 is 0 Å². The molecule has 0 aromatic carbocycles. The van der Waals surface area contributed by atoms with Gasteiger partial charge in [0.25, 0.3) is 5.56 Å². The highest BCUT2D eigenvalue weighted by Crippen LogP contribution is 2.23. The fourth-order valence-electron chi connectivity index (χ4n) is 2.69. The van der Waals surface area contributed by atoms with Gasteiger partial charge in [-0.15, -0.1) is 0 Å². The van der Waals surface area contributed by atoms with E-state index in [4.69, 9.17) is 5.73 Å². The van der Waals surface area contributed by atoms with Crippen LogP contribution in [-0.4, -0.2) is 22.1 Å². The summed E-state index contributed by atoms with van der Waals surface area (Å²) >= 11 is 0. The zero-order valence-corrected chi connectivity index (χ0v) is 12.7. The zero-order chi connectivity index (χ0) is 14.8. The molecule has 1 aromatic heterocycles. The molecule has 1 saturated carbocycles. The molecule has 5 nitrogen and oxygen atoms in total. The van der Waals surface area contributed by atoms with E-state index in [1.54, 1.807) is 17.0 Å². The molecular formula is C15H26N4O. The predicted octanol–water partition coefficient (Wildman–Crippen LogP) is 1.93. The number of rotatable bonds is 3. The molecule has 3 N–H and O–H groups in total. The number of nitrogens with zero attached hydrogens (tertiary/aromatic N) is 2. The first-order valence-electron chi connectivity index (χ1n) is 7.45. The van der Waals surface area contributed by atoms with Gasteiger partial charge >= 0.3 is 0 Å². The molecule has 1 fully saturated rings. The van der Waals surface area contributed by atoms with Crippen molar-refractivity contribution in [1.29, 1.82) is 0 Å². The van der Waals surface area contributed by atoms with Crippen LogP contribution in [0.2, 0.25) is 0 Å². The van der Waals surface area contributed by atoms with Crippen LogP contribution in [-0.2, 0) is 5.54 Å². The Balaban J connectivity index is 2.02. The number of aromatic nitrogens is 2. The van der Waals surface area contributed by atoms with Gasteiger partial charge in [0, 0.05) is 30.5 Å². The number of anilines is 1. The molecule has 1 aliphatic carbocycles. The Bertz CT molecular complexity index is 495. The number of nitrogens with one attached hydrogen (secondary N) is 1. The summed E-state index contributed by atoms with van der Waals surface area (Å²) in [5, 5.41) is 3.22. The predicted molar refractivity (Wildman–Crippen MR) is 81.9 cm³/mol. The van der Waals surface area contributed by atoms with Gasteiger partial charge < -0.3 is 15.6 Å². The Kier molecular flexibility index (Phi) is 4.48. The summed E-state index contributed by atoms with van der Waals surface area (Å²) in [6.45, 7) is 6.85. The van der Waals surface area contributed by atoms with Gasteiger partial charge in [-0.1, -0.05) is 0 Å². The maximum absolute atomic E-state index is 12.4. The van der Waals surface area contributed by atoms with E-state index >= 15 is 0 Å². The van der Waals surface area contributed by atoms with E-state index in [1.807, 2.05) is 20.8 Å². The molecule has 1 aliphatic rings. The minimum Gasteiger partial charge on any atom is -0.365 e. The van der Waals surface area contributed by atoms with Crippen molar-refractivity contribution >= 4 is 5.82 Å². The summed E-state index contributed by atoms with van der Waals surface area (Å²) in [7, 11) is 0. The quantitative estimate of drug-likeness (QED) is 0.886. The fourth-order valence-corrected chi connectivity index (χ4v) is 2.69. The average molecular weight is 278 g/mol. The summed E-state index contributed by atoms with van der Waals surface area (Å²) in [5.74, 6) is 1.05. The van der Waals surface area contributed by atoms with Gasteiger partial charge in [-0.3, -0.25) is 4.79 Å². The first-order valence-corrected chi connectivity index (χ1v) is 7.45. The highest BCUT2D eigenvalue weighted by molar-refractivity contribution is 5.31. The van der Waals surface area contributed by atoms with Crippen molar-refractivity contribution in [2.75, 3.05) is 11.9 Å². The average Bonchev–Trinajstić information content (AvgIpc) is 2.38. The van der Waals surface area contributed by atoms with Crippen molar-refractivity contribution in [2.45, 2.75) is 58.0 Å². The number of hydrogen-bond acceptors (Lipinski definition) is 4. The molecule has 2 rings (SSSR count). The molecule has 0 unspecified atom stereocenters. The van der Waals surface area contributed by atoms with E-state index in [1.165, 1.54) is 0 Å². The zero-order valence-electron chi connectivity index (χ0n) is 12.7. The van der Waals surface area contributed by atoms with Crippen LogP contribution in [0.1, 0.15) is 46.5 Å². The standard InChI is InChI=1S/C15H26N4O/c1-15(2,3)19-9-8-17-13(14(19)20)18-10-11-4-6-12(16)7-5-11/h8-9,11-12H,4-7,10,16H2,1-3H3,(H,17,18). The molecule has 0 bridgehead atoms. The molecular weight excluding hydrogens is 252 g/mol. The van der Waals surface area contributed by atoms with Crippen LogP contribution in [0.3, 0.4) is 0 Å². The van der Waals surface area contributed by atoms with E-state index in [-0.39, 0.29) is 11.1 Å². The second-order valence-electron chi connectivity index (χ2n) is 6.78. The maximum Gasteiger partial charge on any atom is 0.293 e. The SMILES string of the molecule is CC(C)(C)n1ccnc(NCC2CCC(N)CC2)c1=O. The van der Waals surface area contributed by atoms with Gasteiger partial charge in [-0.05, 0) is 52.4 Å². The van der Waals surface area contributed by atoms with Crippen molar-refractivity contribution in [2.24, 2.45) is 11.7 Å². The lowest BCUT2D eigenvalue weighted by molar-refractivity contribution is 0.338. The van der Waals surface area contributed by atoms with Crippen LogP contribution < -0.4 is 16.6 Å². The van der Waals surface area contributed by atoms with Crippen LogP contribution in [0, 0.1) is 5.92 Å². The third kappa shape index (κ3) is 3.60. The fraction of sp³-hybridized carbons (Fsp3) is 0.733. The third-order valence-electron chi connectivity index (χ3n) is 4.01. The molecule has 0 spiro atoms. The minimum atomic E-state index is -0.228. The van der Waals surface area contributed by atoms with Crippen molar-refractivity contribution in [3.63, 3.8) is 0 Å². The molecule has 0 radical (unpaired) electrons. The molecule has 0 amide bonds. The lowest BCUT2D eigenvalue weighted by atomic mass is 9.86. The van der Waals surface area contributed by atoms with Gasteiger partial charge in [0.15, 0.2) is 5.82 Å². The van der Waals surface area contributed by atoms with Crippen LogP contribution >= 0.6 is 0 Å². The summed E-state index contributed by atoms with van der Waals surface area (Å²) in [5.41, 5.74) is 5.63. The van der Waals surface area contributed by atoms with E-state index in [9.17, 15) is 4.79 Å². The molecule has 0 saturated heterocycles. The smallest absolute Gasteiger partial charge is 0.293 e. The molecule has 0 atom stereocenters. The Morgan fingerprint density at radius 2 is 2.00 bits per heavy atom. The summed E-state index contributed by atoms with van der Waals surface area (Å²) < 4.78 is 1.72. The van der Waals surface area contributed by atoms with E-state index in [0.29, 0.717) is 17.8 Å². The first-order chi connectivity index (χ1) is 9.38. The highest BCUT2D eigenvalue weighted by atomic mass is 16.1. The number of nitrogens with two attached hydrogens (primary N) is 1. The molecule has 1 heterocycles. The van der Waals surface area contributed by atoms with E-state index in [0.717, 1.165) is 32.2 Å². The minimum absolute atomic E-state index is 0.0486.